The van der Waals surface area contributed by atoms with Gasteiger partial charge in [0.2, 0.25) is 0 Å². The van der Waals surface area contributed by atoms with Crippen molar-refractivity contribution < 1.29 is 0 Å². The molecule has 3 heteroatoms. The van der Waals surface area contributed by atoms with Crippen LogP contribution in [0.5, 0.6) is 0 Å². The summed E-state index contributed by atoms with van der Waals surface area (Å²) >= 11 is 1.57. The Balaban J connectivity index is 2.70. The first-order valence-electron chi connectivity index (χ1n) is 3.35. The summed E-state index contributed by atoms with van der Waals surface area (Å²) < 4.78 is 0. The molecule has 1 unspecified atom stereocenters. The average Bonchev–Trinajstić information content (AvgIpc) is 2.36. The van der Waals surface area contributed by atoms with E-state index < -0.39 is 0 Å². The van der Waals surface area contributed by atoms with E-state index in [9.17, 15) is 0 Å². The summed E-state index contributed by atoms with van der Waals surface area (Å²) in [5.41, 5.74) is 6.74. The molecule has 0 aromatic carbocycles. The lowest BCUT2D eigenvalue weighted by Crippen LogP contribution is -2.08. The van der Waals surface area contributed by atoms with Gasteiger partial charge in [0.1, 0.15) is 5.01 Å². The number of thiazole rings is 1. The van der Waals surface area contributed by atoms with Crippen LogP contribution in [-0.4, -0.2) is 4.98 Å². The van der Waals surface area contributed by atoms with Crippen LogP contribution >= 0.6 is 11.3 Å². The third-order valence-corrected chi connectivity index (χ3v) is 2.39. The number of nitrogens with zero attached hydrogens (tertiary/aromatic N) is 1. The first-order valence-corrected chi connectivity index (χ1v) is 4.23. The topological polar surface area (TPSA) is 38.9 Å². The van der Waals surface area contributed by atoms with Gasteiger partial charge < -0.3 is 5.73 Å². The summed E-state index contributed by atoms with van der Waals surface area (Å²) in [7, 11) is 0. The summed E-state index contributed by atoms with van der Waals surface area (Å²) in [4.78, 5) is 4.23. The number of hydrogen-bond acceptors (Lipinski definition) is 3. The van der Waals surface area contributed by atoms with Crippen molar-refractivity contribution in [2.45, 2.75) is 19.4 Å². The summed E-state index contributed by atoms with van der Waals surface area (Å²) in [5, 5.41) is 2.91. The Morgan fingerprint density at radius 2 is 2.64 bits per heavy atom. The van der Waals surface area contributed by atoms with E-state index in [-0.39, 0.29) is 6.04 Å². The average molecular weight is 166 g/mol. The number of aryl methyl sites for hydroxylation is 1. The molecule has 0 radical (unpaired) electrons. The monoisotopic (exact) mass is 166 g/mol. The molecule has 0 aliphatic carbocycles. The van der Waals surface area contributed by atoms with Crippen LogP contribution in [0.2, 0.25) is 0 Å². The minimum Gasteiger partial charge on any atom is -0.321 e. The molecule has 1 aromatic rings. The molecule has 1 heterocycles. The normalized spacial score (nSPS) is 12.5. The van der Waals surface area contributed by atoms with Crippen molar-refractivity contribution in [2.75, 3.05) is 0 Å². The quantitative estimate of drug-likeness (QED) is 0.676. The van der Waals surface area contributed by atoms with Crippen LogP contribution in [0.15, 0.2) is 5.38 Å². The standard InChI is InChI=1S/C8H10N2S/c1-3-4-7(9)8-10-6(2)5-11-8/h1,5,7H,4,9H2,2H3. The van der Waals surface area contributed by atoms with Crippen LogP contribution in [0.4, 0.5) is 0 Å². The van der Waals surface area contributed by atoms with Gasteiger partial charge in [-0.3, -0.25) is 0 Å². The molecule has 2 N–H and O–H groups in total. The van der Waals surface area contributed by atoms with Crippen molar-refractivity contribution in [2.24, 2.45) is 5.73 Å². The smallest absolute Gasteiger partial charge is 0.111 e. The molecule has 0 amide bonds. The van der Waals surface area contributed by atoms with E-state index in [0.29, 0.717) is 6.42 Å². The highest BCUT2D eigenvalue weighted by Gasteiger charge is 2.07. The fourth-order valence-electron chi connectivity index (χ4n) is 0.757. The van der Waals surface area contributed by atoms with Gasteiger partial charge in [-0.05, 0) is 6.92 Å². The molecule has 1 atom stereocenters. The van der Waals surface area contributed by atoms with E-state index in [4.69, 9.17) is 12.2 Å². The van der Waals surface area contributed by atoms with Crippen molar-refractivity contribution >= 4 is 11.3 Å². The molecular formula is C8H10N2S. The SMILES string of the molecule is C#CCC(N)c1nc(C)cs1. The van der Waals surface area contributed by atoms with Crippen molar-refractivity contribution in [1.82, 2.24) is 4.98 Å². The molecule has 0 saturated carbocycles. The Morgan fingerprint density at radius 3 is 3.09 bits per heavy atom. The predicted molar refractivity (Wildman–Crippen MR) is 47.2 cm³/mol. The van der Waals surface area contributed by atoms with Crippen molar-refractivity contribution in [3.63, 3.8) is 0 Å². The third kappa shape index (κ3) is 2.04. The van der Waals surface area contributed by atoms with Crippen LogP contribution in [0.25, 0.3) is 0 Å². The Labute approximate surface area is 70.5 Å². The van der Waals surface area contributed by atoms with E-state index in [0.717, 1.165) is 10.7 Å². The van der Waals surface area contributed by atoms with Crippen LogP contribution in [0.3, 0.4) is 0 Å². The Bertz CT molecular complexity index is 272. The van der Waals surface area contributed by atoms with Gasteiger partial charge >= 0.3 is 0 Å². The second kappa shape index (κ2) is 3.51. The molecule has 0 saturated heterocycles. The van der Waals surface area contributed by atoms with Gasteiger partial charge in [0.05, 0.1) is 6.04 Å². The molecule has 1 aromatic heterocycles. The van der Waals surface area contributed by atoms with Gasteiger partial charge in [0, 0.05) is 17.5 Å². The third-order valence-electron chi connectivity index (χ3n) is 1.29. The zero-order valence-electron chi connectivity index (χ0n) is 6.37. The second-order valence-electron chi connectivity index (χ2n) is 2.34. The van der Waals surface area contributed by atoms with E-state index >= 15 is 0 Å². The van der Waals surface area contributed by atoms with Crippen LogP contribution in [0, 0.1) is 19.3 Å². The zero-order chi connectivity index (χ0) is 8.27. The summed E-state index contributed by atoms with van der Waals surface area (Å²) in [5.74, 6) is 2.52. The van der Waals surface area contributed by atoms with E-state index in [1.54, 1.807) is 11.3 Å². The first kappa shape index (κ1) is 8.25. The molecule has 0 spiro atoms. The highest BCUT2D eigenvalue weighted by atomic mass is 32.1. The maximum atomic E-state index is 5.72. The molecule has 0 aliphatic heterocycles. The van der Waals surface area contributed by atoms with Gasteiger partial charge in [0.15, 0.2) is 0 Å². The molecule has 0 bridgehead atoms. The fraction of sp³-hybridized carbons (Fsp3) is 0.375. The van der Waals surface area contributed by atoms with E-state index in [1.165, 1.54) is 0 Å². The first-order chi connectivity index (χ1) is 5.24. The Morgan fingerprint density at radius 1 is 1.91 bits per heavy atom. The lowest BCUT2D eigenvalue weighted by Gasteiger charge is -2.01. The van der Waals surface area contributed by atoms with Crippen molar-refractivity contribution in [1.29, 1.82) is 0 Å². The van der Waals surface area contributed by atoms with Gasteiger partial charge in [-0.1, -0.05) is 0 Å². The van der Waals surface area contributed by atoms with Gasteiger partial charge in [-0.2, -0.15) is 0 Å². The van der Waals surface area contributed by atoms with Gasteiger partial charge in [-0.25, -0.2) is 4.98 Å². The highest BCUT2D eigenvalue weighted by Crippen LogP contribution is 2.17. The van der Waals surface area contributed by atoms with E-state index in [1.807, 2.05) is 12.3 Å². The molecule has 11 heavy (non-hydrogen) atoms. The van der Waals surface area contributed by atoms with Crippen molar-refractivity contribution in [3.05, 3.63) is 16.1 Å². The Kier molecular flexibility index (Phi) is 2.64. The maximum absolute atomic E-state index is 5.72. The Hall–Kier alpha value is -0.850. The number of rotatable bonds is 2. The summed E-state index contributed by atoms with van der Waals surface area (Å²) in [6.45, 7) is 1.95. The number of terminal acetylenes is 1. The lowest BCUT2D eigenvalue weighted by molar-refractivity contribution is 0.744. The summed E-state index contributed by atoms with van der Waals surface area (Å²) in [6.07, 6.45) is 5.68. The van der Waals surface area contributed by atoms with Crippen molar-refractivity contribution in [3.8, 4) is 12.3 Å². The predicted octanol–water partition coefficient (Wildman–Crippen LogP) is 1.47. The minimum absolute atomic E-state index is 0.0845. The molecular weight excluding hydrogens is 156 g/mol. The van der Waals surface area contributed by atoms with Crippen LogP contribution in [0.1, 0.15) is 23.2 Å². The fourth-order valence-corrected chi connectivity index (χ4v) is 1.56. The highest BCUT2D eigenvalue weighted by molar-refractivity contribution is 7.09. The molecule has 58 valence electrons. The summed E-state index contributed by atoms with van der Waals surface area (Å²) in [6, 6.07) is -0.0845. The maximum Gasteiger partial charge on any atom is 0.111 e. The zero-order valence-corrected chi connectivity index (χ0v) is 7.19. The molecule has 2 nitrogen and oxygen atoms in total. The molecule has 0 aliphatic rings. The van der Waals surface area contributed by atoms with E-state index in [2.05, 4.69) is 10.9 Å². The second-order valence-corrected chi connectivity index (χ2v) is 3.23. The molecule has 1 rings (SSSR count). The largest absolute Gasteiger partial charge is 0.321 e. The number of aromatic nitrogens is 1. The lowest BCUT2D eigenvalue weighted by atomic mass is 10.2. The van der Waals surface area contributed by atoms with Gasteiger partial charge in [-0.15, -0.1) is 23.7 Å². The minimum atomic E-state index is -0.0845. The number of nitrogens with two attached hydrogens (primary N) is 1. The molecule has 0 fully saturated rings. The van der Waals surface area contributed by atoms with Crippen LogP contribution in [-0.2, 0) is 0 Å². The number of hydrogen-bond donors (Lipinski definition) is 1. The van der Waals surface area contributed by atoms with Gasteiger partial charge in [0.25, 0.3) is 0 Å². The van der Waals surface area contributed by atoms with Crippen LogP contribution < -0.4 is 5.73 Å².